The highest BCUT2D eigenvalue weighted by atomic mass is 32.3. The van der Waals surface area contributed by atoms with Gasteiger partial charge in [0.15, 0.2) is 0 Å². The van der Waals surface area contributed by atoms with E-state index in [0.29, 0.717) is 18.0 Å². The Morgan fingerprint density at radius 2 is 2.05 bits per heavy atom. The lowest BCUT2D eigenvalue weighted by atomic mass is 10.2. The highest BCUT2D eigenvalue weighted by Gasteiger charge is 2.27. The molecule has 1 aromatic carbocycles. The molecule has 3 N–H and O–H groups in total. The first-order valence-corrected chi connectivity index (χ1v) is 7.57. The van der Waals surface area contributed by atoms with E-state index in [9.17, 15) is 19.0 Å². The fourth-order valence-corrected chi connectivity index (χ4v) is 3.76. The smallest absolute Gasteiger partial charge is 0.338 e. The van der Waals surface area contributed by atoms with Crippen LogP contribution in [0, 0.1) is 0 Å². The first kappa shape index (κ1) is 14.0. The minimum absolute atomic E-state index is 0.112. The fourth-order valence-electron chi connectivity index (χ4n) is 2.08. The molecular formula is C12H17NO5S. The third-order valence-electron chi connectivity index (χ3n) is 2.99. The summed E-state index contributed by atoms with van der Waals surface area (Å²) in [5, 5.41) is 9.65. The molecule has 0 spiro atoms. The molecule has 0 amide bonds. The number of phenolic OH excluding ortho intramolecular Hbond substituents is 1. The van der Waals surface area contributed by atoms with Crippen molar-refractivity contribution in [2.45, 2.75) is 12.8 Å². The van der Waals surface area contributed by atoms with Gasteiger partial charge in [-0.3, -0.25) is 13.4 Å². The van der Waals surface area contributed by atoms with Crippen LogP contribution in [0.25, 0.3) is 0 Å². The Hall–Kier alpha value is -1.44. The molecule has 0 bridgehead atoms. The Balaban J connectivity index is 2.38. The number of aromatic hydroxyl groups is 1. The van der Waals surface area contributed by atoms with Gasteiger partial charge in [0.2, 0.25) is 0 Å². The van der Waals surface area contributed by atoms with E-state index in [2.05, 4.69) is 4.74 Å². The quantitative estimate of drug-likeness (QED) is 0.724. The van der Waals surface area contributed by atoms with Crippen LogP contribution < -0.4 is 4.31 Å². The second-order valence-electron chi connectivity index (χ2n) is 4.38. The van der Waals surface area contributed by atoms with Crippen LogP contribution in [0.15, 0.2) is 18.2 Å². The molecule has 2 rings (SSSR count). The van der Waals surface area contributed by atoms with E-state index in [1.807, 2.05) is 0 Å². The maximum absolute atomic E-state index is 11.5. The van der Waals surface area contributed by atoms with Gasteiger partial charge in [-0.05, 0) is 25.0 Å². The molecule has 1 aromatic rings. The lowest BCUT2D eigenvalue weighted by Gasteiger charge is -2.47. The Morgan fingerprint density at radius 1 is 1.32 bits per heavy atom. The first-order valence-electron chi connectivity index (χ1n) is 5.90. The molecule has 0 aliphatic carbocycles. The molecule has 0 saturated carbocycles. The van der Waals surface area contributed by atoms with Gasteiger partial charge in [-0.1, -0.05) is 0 Å². The number of methoxy groups -OCH3 is 1. The maximum atomic E-state index is 11.5. The zero-order valence-electron chi connectivity index (χ0n) is 10.6. The summed E-state index contributed by atoms with van der Waals surface area (Å²) < 4.78 is 26.1. The van der Waals surface area contributed by atoms with E-state index in [1.165, 1.54) is 29.6 Å². The highest BCUT2D eigenvalue weighted by molar-refractivity contribution is 8.25. The molecule has 1 fully saturated rings. The standard InChI is InChI=1S/C12H17NO5S/c1-18-12(15)9-6-10(8-11(14)7-9)13-4-2-3-5-19(13,16)17/h6-8,14,16-17H,2-5H2,1H3. The summed E-state index contributed by atoms with van der Waals surface area (Å²) in [4.78, 5) is 11.5. The summed E-state index contributed by atoms with van der Waals surface area (Å²) in [7, 11) is -1.62. The van der Waals surface area contributed by atoms with Gasteiger partial charge in [-0.15, -0.1) is 10.8 Å². The highest BCUT2D eigenvalue weighted by Crippen LogP contribution is 2.50. The number of rotatable bonds is 2. The molecule has 1 saturated heterocycles. The number of carbonyl (C=O) groups is 1. The molecule has 0 unspecified atom stereocenters. The van der Waals surface area contributed by atoms with E-state index in [0.717, 1.165) is 12.8 Å². The molecular weight excluding hydrogens is 270 g/mol. The fraction of sp³-hybridized carbons (Fsp3) is 0.417. The van der Waals surface area contributed by atoms with Crippen LogP contribution in [-0.2, 0) is 4.74 Å². The number of phenols is 1. The average molecular weight is 287 g/mol. The lowest BCUT2D eigenvalue weighted by Crippen LogP contribution is -2.34. The number of hydrogen-bond acceptors (Lipinski definition) is 6. The minimum atomic E-state index is -2.87. The summed E-state index contributed by atoms with van der Waals surface area (Å²) in [6.45, 7) is 0.479. The zero-order chi connectivity index (χ0) is 14.0. The van der Waals surface area contributed by atoms with Crippen LogP contribution in [-0.4, -0.2) is 39.6 Å². The van der Waals surface area contributed by atoms with Gasteiger partial charge in [0.1, 0.15) is 5.75 Å². The molecule has 19 heavy (non-hydrogen) atoms. The predicted octanol–water partition coefficient (Wildman–Crippen LogP) is 2.44. The largest absolute Gasteiger partial charge is 0.508 e. The van der Waals surface area contributed by atoms with Crippen LogP contribution in [0.3, 0.4) is 0 Å². The normalized spacial score (nSPS) is 19.8. The van der Waals surface area contributed by atoms with Crippen molar-refractivity contribution in [3.63, 3.8) is 0 Å². The minimum Gasteiger partial charge on any atom is -0.508 e. The van der Waals surface area contributed by atoms with Crippen molar-refractivity contribution in [2.24, 2.45) is 0 Å². The number of esters is 1. The molecule has 1 aliphatic heterocycles. The van der Waals surface area contributed by atoms with Crippen molar-refractivity contribution >= 4 is 22.4 Å². The van der Waals surface area contributed by atoms with Gasteiger partial charge in [0.25, 0.3) is 0 Å². The molecule has 0 aromatic heterocycles. The first-order chi connectivity index (χ1) is 8.94. The summed E-state index contributed by atoms with van der Waals surface area (Å²) >= 11 is 0. The number of nitrogens with zero attached hydrogens (tertiary/aromatic N) is 1. The SMILES string of the molecule is COC(=O)c1cc(O)cc(N2CCCCS2(O)O)c1. The Morgan fingerprint density at radius 3 is 2.68 bits per heavy atom. The summed E-state index contributed by atoms with van der Waals surface area (Å²) in [6.07, 6.45) is 1.58. The van der Waals surface area contributed by atoms with Gasteiger partial charge in [-0.25, -0.2) is 4.79 Å². The van der Waals surface area contributed by atoms with Crippen molar-refractivity contribution in [2.75, 3.05) is 23.7 Å². The zero-order valence-corrected chi connectivity index (χ0v) is 11.4. The predicted molar refractivity (Wildman–Crippen MR) is 73.7 cm³/mol. The van der Waals surface area contributed by atoms with Crippen LogP contribution in [0.2, 0.25) is 0 Å². The number of ether oxygens (including phenoxy) is 1. The maximum Gasteiger partial charge on any atom is 0.338 e. The second kappa shape index (κ2) is 5.28. The van der Waals surface area contributed by atoms with E-state index >= 15 is 0 Å². The number of benzene rings is 1. The third kappa shape index (κ3) is 2.94. The van der Waals surface area contributed by atoms with Crippen molar-refractivity contribution in [3.8, 4) is 5.75 Å². The third-order valence-corrected chi connectivity index (χ3v) is 4.93. The lowest BCUT2D eigenvalue weighted by molar-refractivity contribution is 0.0600. The molecule has 0 radical (unpaired) electrons. The van der Waals surface area contributed by atoms with Crippen molar-refractivity contribution in [3.05, 3.63) is 23.8 Å². The van der Waals surface area contributed by atoms with Crippen LogP contribution in [0.4, 0.5) is 5.69 Å². The molecule has 1 heterocycles. The Bertz CT molecular complexity index is 491. The van der Waals surface area contributed by atoms with Crippen LogP contribution >= 0.6 is 10.8 Å². The second-order valence-corrected chi connectivity index (χ2v) is 6.49. The van der Waals surface area contributed by atoms with Gasteiger partial charge in [-0.2, -0.15) is 0 Å². The van der Waals surface area contributed by atoms with Crippen molar-refractivity contribution in [1.82, 2.24) is 0 Å². The summed E-state index contributed by atoms with van der Waals surface area (Å²) in [6, 6.07) is 4.18. The van der Waals surface area contributed by atoms with Gasteiger partial charge in [0.05, 0.1) is 24.1 Å². The summed E-state index contributed by atoms with van der Waals surface area (Å²) in [5.41, 5.74) is 0.596. The van der Waals surface area contributed by atoms with E-state index in [-0.39, 0.29) is 11.3 Å². The van der Waals surface area contributed by atoms with Crippen LogP contribution in [0.1, 0.15) is 23.2 Å². The molecule has 1 aliphatic rings. The Kier molecular flexibility index (Phi) is 3.88. The Labute approximate surface area is 113 Å². The number of anilines is 1. The van der Waals surface area contributed by atoms with E-state index in [1.54, 1.807) is 0 Å². The molecule has 6 nitrogen and oxygen atoms in total. The monoisotopic (exact) mass is 287 g/mol. The number of hydrogen-bond donors (Lipinski definition) is 3. The number of carbonyl (C=O) groups excluding carboxylic acids is 1. The van der Waals surface area contributed by atoms with Crippen LogP contribution in [0.5, 0.6) is 5.75 Å². The topological polar surface area (TPSA) is 90.2 Å². The molecule has 106 valence electrons. The van der Waals surface area contributed by atoms with Gasteiger partial charge >= 0.3 is 5.97 Å². The summed E-state index contributed by atoms with van der Waals surface area (Å²) in [5.74, 6) is -0.389. The van der Waals surface area contributed by atoms with Crippen molar-refractivity contribution in [1.29, 1.82) is 0 Å². The van der Waals surface area contributed by atoms with E-state index in [4.69, 9.17) is 0 Å². The molecule has 0 atom stereocenters. The van der Waals surface area contributed by atoms with Gasteiger partial charge in [0, 0.05) is 12.6 Å². The van der Waals surface area contributed by atoms with Crippen molar-refractivity contribution < 1.29 is 23.7 Å². The van der Waals surface area contributed by atoms with E-state index < -0.39 is 16.7 Å². The average Bonchev–Trinajstić information content (AvgIpc) is 2.36. The molecule has 7 heteroatoms. The van der Waals surface area contributed by atoms with Gasteiger partial charge < -0.3 is 9.84 Å².